The van der Waals surface area contributed by atoms with Crippen molar-refractivity contribution in [3.05, 3.63) is 28.8 Å². The van der Waals surface area contributed by atoms with Crippen molar-refractivity contribution in [3.63, 3.8) is 0 Å². The van der Waals surface area contributed by atoms with Crippen LogP contribution in [0.4, 0.5) is 5.69 Å². The molecule has 3 N–H and O–H groups in total. The molecule has 0 aromatic heterocycles. The predicted octanol–water partition coefficient (Wildman–Crippen LogP) is 1.51. The summed E-state index contributed by atoms with van der Waals surface area (Å²) in [5, 5.41) is 3.53. The fourth-order valence-electron chi connectivity index (χ4n) is 2.32. The SMILES string of the molecule is CC1(C)C(=O)NCCN1c1cccc(Cl)c1CN. The summed E-state index contributed by atoms with van der Waals surface area (Å²) in [6.07, 6.45) is 0. The summed E-state index contributed by atoms with van der Waals surface area (Å²) in [4.78, 5) is 14.0. The molecule has 4 nitrogen and oxygen atoms in total. The highest BCUT2D eigenvalue weighted by atomic mass is 35.5. The third-order valence-electron chi connectivity index (χ3n) is 3.44. The van der Waals surface area contributed by atoms with Crippen molar-refractivity contribution in [1.29, 1.82) is 0 Å². The molecular weight excluding hydrogens is 250 g/mol. The summed E-state index contributed by atoms with van der Waals surface area (Å²) in [7, 11) is 0. The zero-order valence-corrected chi connectivity index (χ0v) is 11.4. The van der Waals surface area contributed by atoms with Gasteiger partial charge in [-0.3, -0.25) is 4.79 Å². The molecule has 2 rings (SSSR count). The van der Waals surface area contributed by atoms with Crippen LogP contribution in [0.1, 0.15) is 19.4 Å². The molecule has 1 saturated heterocycles. The number of nitrogens with one attached hydrogen (secondary N) is 1. The van der Waals surface area contributed by atoms with Crippen molar-refractivity contribution >= 4 is 23.2 Å². The maximum Gasteiger partial charge on any atom is 0.245 e. The molecule has 0 aliphatic carbocycles. The number of hydrogen-bond acceptors (Lipinski definition) is 3. The number of nitrogens with zero attached hydrogens (tertiary/aromatic N) is 1. The van der Waals surface area contributed by atoms with Gasteiger partial charge in [0.15, 0.2) is 0 Å². The van der Waals surface area contributed by atoms with Crippen LogP contribution in [0, 0.1) is 0 Å². The molecule has 0 unspecified atom stereocenters. The van der Waals surface area contributed by atoms with E-state index >= 15 is 0 Å². The Morgan fingerprint density at radius 2 is 2.22 bits per heavy atom. The summed E-state index contributed by atoms with van der Waals surface area (Å²) < 4.78 is 0. The Bertz CT molecular complexity index is 473. The second kappa shape index (κ2) is 4.78. The number of halogens is 1. The van der Waals surface area contributed by atoms with Gasteiger partial charge in [-0.1, -0.05) is 17.7 Å². The summed E-state index contributed by atoms with van der Waals surface area (Å²) in [5.41, 5.74) is 7.02. The first-order valence-electron chi connectivity index (χ1n) is 6.02. The van der Waals surface area contributed by atoms with Crippen molar-refractivity contribution in [2.24, 2.45) is 5.73 Å². The topological polar surface area (TPSA) is 58.4 Å². The second-order valence-electron chi connectivity index (χ2n) is 4.91. The van der Waals surface area contributed by atoms with Gasteiger partial charge in [0.05, 0.1) is 0 Å². The molecule has 1 aliphatic heterocycles. The van der Waals surface area contributed by atoms with Crippen molar-refractivity contribution in [1.82, 2.24) is 5.32 Å². The summed E-state index contributed by atoms with van der Waals surface area (Å²) >= 11 is 6.17. The van der Waals surface area contributed by atoms with Crippen LogP contribution in [0.15, 0.2) is 18.2 Å². The molecule has 1 amide bonds. The first-order chi connectivity index (χ1) is 8.48. The van der Waals surface area contributed by atoms with E-state index in [1.807, 2.05) is 32.0 Å². The number of hydrogen-bond donors (Lipinski definition) is 2. The van der Waals surface area contributed by atoms with E-state index in [1.165, 1.54) is 0 Å². The number of benzene rings is 1. The summed E-state index contributed by atoms with van der Waals surface area (Å²) in [6, 6.07) is 5.68. The molecule has 18 heavy (non-hydrogen) atoms. The smallest absolute Gasteiger partial charge is 0.245 e. The number of amides is 1. The van der Waals surface area contributed by atoms with E-state index in [4.69, 9.17) is 17.3 Å². The zero-order chi connectivity index (χ0) is 13.3. The minimum atomic E-state index is -0.590. The third kappa shape index (κ3) is 2.06. The molecule has 1 fully saturated rings. The molecule has 0 saturated carbocycles. The fraction of sp³-hybridized carbons (Fsp3) is 0.462. The minimum absolute atomic E-state index is 0.0247. The van der Waals surface area contributed by atoms with Gasteiger partial charge in [0, 0.05) is 35.9 Å². The van der Waals surface area contributed by atoms with Crippen LogP contribution in [0.25, 0.3) is 0 Å². The van der Waals surface area contributed by atoms with Gasteiger partial charge in [-0.2, -0.15) is 0 Å². The Labute approximate surface area is 112 Å². The van der Waals surface area contributed by atoms with Crippen LogP contribution in [-0.4, -0.2) is 24.5 Å². The quantitative estimate of drug-likeness (QED) is 0.854. The van der Waals surface area contributed by atoms with Crippen LogP contribution < -0.4 is 16.0 Å². The number of nitrogens with two attached hydrogens (primary N) is 1. The lowest BCUT2D eigenvalue weighted by molar-refractivity contribution is -0.126. The van der Waals surface area contributed by atoms with E-state index < -0.39 is 5.54 Å². The molecule has 1 heterocycles. The number of carbonyl (C=O) groups excluding carboxylic acids is 1. The first kappa shape index (κ1) is 13.2. The Balaban J connectivity index is 2.48. The van der Waals surface area contributed by atoms with Gasteiger partial charge >= 0.3 is 0 Å². The average molecular weight is 268 g/mol. The third-order valence-corrected chi connectivity index (χ3v) is 3.79. The molecule has 1 aromatic carbocycles. The van der Waals surface area contributed by atoms with Gasteiger partial charge in [-0.15, -0.1) is 0 Å². The van der Waals surface area contributed by atoms with E-state index in [9.17, 15) is 4.79 Å². The van der Waals surface area contributed by atoms with Crippen molar-refractivity contribution in [3.8, 4) is 0 Å². The lowest BCUT2D eigenvalue weighted by Gasteiger charge is -2.43. The predicted molar refractivity (Wildman–Crippen MR) is 73.8 cm³/mol. The van der Waals surface area contributed by atoms with Gasteiger partial charge < -0.3 is 16.0 Å². The Morgan fingerprint density at radius 3 is 2.89 bits per heavy atom. The van der Waals surface area contributed by atoms with Gasteiger partial charge in [-0.05, 0) is 26.0 Å². The van der Waals surface area contributed by atoms with E-state index in [0.717, 1.165) is 17.8 Å². The average Bonchev–Trinajstić information content (AvgIpc) is 2.32. The molecule has 0 spiro atoms. The van der Waals surface area contributed by atoms with Crippen molar-refractivity contribution in [2.45, 2.75) is 25.9 Å². The molecule has 0 bridgehead atoms. The van der Waals surface area contributed by atoms with Gasteiger partial charge in [0.25, 0.3) is 0 Å². The summed E-state index contributed by atoms with van der Waals surface area (Å²) in [6.45, 7) is 5.57. The van der Waals surface area contributed by atoms with Crippen molar-refractivity contribution < 1.29 is 4.79 Å². The minimum Gasteiger partial charge on any atom is -0.355 e. The van der Waals surface area contributed by atoms with Crippen LogP contribution in [-0.2, 0) is 11.3 Å². The Hall–Kier alpha value is -1.26. The monoisotopic (exact) mass is 267 g/mol. The Morgan fingerprint density at radius 1 is 1.50 bits per heavy atom. The maximum absolute atomic E-state index is 12.0. The van der Waals surface area contributed by atoms with Crippen LogP contribution in [0.2, 0.25) is 5.02 Å². The normalized spacial score (nSPS) is 18.7. The molecule has 5 heteroatoms. The zero-order valence-electron chi connectivity index (χ0n) is 10.7. The van der Waals surface area contributed by atoms with E-state index in [-0.39, 0.29) is 5.91 Å². The highest BCUT2D eigenvalue weighted by Crippen LogP contribution is 2.32. The van der Waals surface area contributed by atoms with Gasteiger partial charge in [0.2, 0.25) is 5.91 Å². The molecule has 1 aromatic rings. The lowest BCUT2D eigenvalue weighted by atomic mass is 9.96. The molecule has 98 valence electrons. The number of carbonyl (C=O) groups is 1. The van der Waals surface area contributed by atoms with Crippen molar-refractivity contribution in [2.75, 3.05) is 18.0 Å². The molecule has 1 aliphatic rings. The molecule has 0 radical (unpaired) electrons. The standard InChI is InChI=1S/C13H18ClN3O/c1-13(2)12(18)16-6-7-17(13)11-5-3-4-10(14)9(11)8-15/h3-5H,6-8,15H2,1-2H3,(H,16,18). The number of rotatable bonds is 2. The second-order valence-corrected chi connectivity index (χ2v) is 5.32. The van der Waals surface area contributed by atoms with Crippen LogP contribution >= 0.6 is 11.6 Å². The molecular formula is C13H18ClN3O. The largest absolute Gasteiger partial charge is 0.355 e. The van der Waals surface area contributed by atoms with E-state index in [2.05, 4.69) is 10.2 Å². The van der Waals surface area contributed by atoms with Crippen LogP contribution in [0.3, 0.4) is 0 Å². The van der Waals surface area contributed by atoms with Crippen LogP contribution in [0.5, 0.6) is 0 Å². The fourth-order valence-corrected chi connectivity index (χ4v) is 2.57. The van der Waals surface area contributed by atoms with E-state index in [1.54, 1.807) is 0 Å². The van der Waals surface area contributed by atoms with E-state index in [0.29, 0.717) is 18.1 Å². The lowest BCUT2D eigenvalue weighted by Crippen LogP contribution is -2.62. The first-order valence-corrected chi connectivity index (χ1v) is 6.39. The highest BCUT2D eigenvalue weighted by Gasteiger charge is 2.38. The van der Waals surface area contributed by atoms with Gasteiger partial charge in [0.1, 0.15) is 5.54 Å². The van der Waals surface area contributed by atoms with Gasteiger partial charge in [-0.25, -0.2) is 0 Å². The number of anilines is 1. The Kier molecular flexibility index (Phi) is 3.50. The molecule has 0 atom stereocenters. The highest BCUT2D eigenvalue weighted by molar-refractivity contribution is 6.31. The maximum atomic E-state index is 12.0. The summed E-state index contributed by atoms with van der Waals surface area (Å²) in [5.74, 6) is 0.0247. The number of piperazine rings is 1.